The van der Waals surface area contributed by atoms with Crippen LogP contribution < -0.4 is 20.2 Å². The van der Waals surface area contributed by atoms with Crippen molar-refractivity contribution in [2.75, 3.05) is 19.0 Å². The second-order valence-corrected chi connectivity index (χ2v) is 5.67. The first-order valence-corrected chi connectivity index (χ1v) is 8.51. The molecule has 2 aromatic carbocycles. The predicted molar refractivity (Wildman–Crippen MR) is 102 cm³/mol. The van der Waals surface area contributed by atoms with Crippen molar-refractivity contribution >= 4 is 11.6 Å². The summed E-state index contributed by atoms with van der Waals surface area (Å²) in [6.45, 7) is 2.24. The molecule has 0 bridgehead atoms. The molecule has 0 saturated heterocycles. The van der Waals surface area contributed by atoms with Gasteiger partial charge in [0.1, 0.15) is 11.6 Å². The first-order chi connectivity index (χ1) is 13.5. The van der Waals surface area contributed by atoms with E-state index in [0.29, 0.717) is 23.7 Å². The number of halogens is 1. The van der Waals surface area contributed by atoms with Gasteiger partial charge in [-0.05, 0) is 37.3 Å². The molecule has 0 radical (unpaired) electrons. The molecule has 8 heteroatoms. The van der Waals surface area contributed by atoms with Crippen LogP contribution in [0.1, 0.15) is 17.4 Å². The van der Waals surface area contributed by atoms with Gasteiger partial charge in [-0.15, -0.1) is 0 Å². The van der Waals surface area contributed by atoms with Crippen LogP contribution >= 0.6 is 0 Å². The maximum Gasteiger partial charge on any atom is 0.280 e. The van der Waals surface area contributed by atoms with Crippen LogP contribution in [0.5, 0.6) is 11.6 Å². The van der Waals surface area contributed by atoms with Crippen LogP contribution in [0.2, 0.25) is 0 Å². The summed E-state index contributed by atoms with van der Waals surface area (Å²) >= 11 is 0. The third kappa shape index (κ3) is 4.01. The number of nitrogens with zero attached hydrogens (tertiary/aromatic N) is 2. The Morgan fingerprint density at radius 3 is 2.68 bits per heavy atom. The average Bonchev–Trinajstić information content (AvgIpc) is 2.69. The lowest BCUT2D eigenvalue weighted by Gasteiger charge is -2.14. The summed E-state index contributed by atoms with van der Waals surface area (Å²) in [6.07, 6.45) is 0. The SMILES string of the molecule is CCOc1ccccc1NC(=O)c1nn(-c2cccc(F)c2)c(OC)cc1=O. The normalized spacial score (nSPS) is 10.4. The largest absolute Gasteiger partial charge is 0.492 e. The highest BCUT2D eigenvalue weighted by Gasteiger charge is 2.18. The van der Waals surface area contributed by atoms with E-state index in [4.69, 9.17) is 9.47 Å². The fraction of sp³-hybridized carbons (Fsp3) is 0.150. The summed E-state index contributed by atoms with van der Waals surface area (Å²) in [5, 5.41) is 6.71. The van der Waals surface area contributed by atoms with E-state index in [1.807, 2.05) is 6.92 Å². The zero-order valence-corrected chi connectivity index (χ0v) is 15.3. The van der Waals surface area contributed by atoms with E-state index in [-0.39, 0.29) is 11.6 Å². The Bertz CT molecular complexity index is 1070. The molecule has 0 spiro atoms. The molecule has 28 heavy (non-hydrogen) atoms. The van der Waals surface area contributed by atoms with Gasteiger partial charge in [0.2, 0.25) is 11.3 Å². The van der Waals surface area contributed by atoms with Gasteiger partial charge in [-0.2, -0.15) is 5.10 Å². The first-order valence-electron chi connectivity index (χ1n) is 8.51. The molecule has 0 saturated carbocycles. The second-order valence-electron chi connectivity index (χ2n) is 5.67. The molecule has 0 aliphatic rings. The third-order valence-electron chi connectivity index (χ3n) is 3.81. The monoisotopic (exact) mass is 383 g/mol. The van der Waals surface area contributed by atoms with Crippen molar-refractivity contribution < 1.29 is 18.7 Å². The Labute approximate surface area is 160 Å². The van der Waals surface area contributed by atoms with Gasteiger partial charge in [-0.3, -0.25) is 9.59 Å². The molecular formula is C20H18FN3O4. The highest BCUT2D eigenvalue weighted by Crippen LogP contribution is 2.24. The predicted octanol–water partition coefficient (Wildman–Crippen LogP) is 3.03. The van der Waals surface area contributed by atoms with Crippen molar-refractivity contribution in [3.63, 3.8) is 0 Å². The summed E-state index contributed by atoms with van der Waals surface area (Å²) < 4.78 is 25.4. The van der Waals surface area contributed by atoms with E-state index < -0.39 is 17.2 Å². The van der Waals surface area contributed by atoms with Crippen molar-refractivity contribution in [3.05, 3.63) is 76.3 Å². The fourth-order valence-electron chi connectivity index (χ4n) is 2.57. The van der Waals surface area contributed by atoms with Crippen molar-refractivity contribution in [2.24, 2.45) is 0 Å². The summed E-state index contributed by atoms with van der Waals surface area (Å²) in [6, 6.07) is 13.5. The second kappa shape index (κ2) is 8.34. The molecule has 3 rings (SSSR count). The highest BCUT2D eigenvalue weighted by molar-refractivity contribution is 6.03. The van der Waals surface area contributed by atoms with Gasteiger partial charge >= 0.3 is 0 Å². The number of rotatable bonds is 6. The number of para-hydroxylation sites is 2. The van der Waals surface area contributed by atoms with E-state index in [1.165, 1.54) is 30.0 Å². The molecular weight excluding hydrogens is 365 g/mol. The Hall–Kier alpha value is -3.68. The van der Waals surface area contributed by atoms with Crippen LogP contribution in [0.3, 0.4) is 0 Å². The number of amides is 1. The number of ether oxygens (including phenoxy) is 2. The van der Waals surface area contributed by atoms with Crippen LogP contribution in [0, 0.1) is 5.82 Å². The van der Waals surface area contributed by atoms with Crippen LogP contribution in [0.25, 0.3) is 5.69 Å². The third-order valence-corrected chi connectivity index (χ3v) is 3.81. The molecule has 3 aromatic rings. The minimum atomic E-state index is -0.718. The van der Waals surface area contributed by atoms with Gasteiger partial charge in [0.05, 0.1) is 31.2 Å². The Balaban J connectivity index is 2.01. The zero-order valence-electron chi connectivity index (χ0n) is 15.3. The van der Waals surface area contributed by atoms with Gasteiger partial charge in [-0.1, -0.05) is 18.2 Å². The molecule has 1 N–H and O–H groups in total. The van der Waals surface area contributed by atoms with Gasteiger partial charge in [0.15, 0.2) is 5.69 Å². The number of carbonyl (C=O) groups excluding carboxylic acids is 1. The van der Waals surface area contributed by atoms with Gasteiger partial charge in [0.25, 0.3) is 5.91 Å². The molecule has 0 aliphatic heterocycles. The zero-order chi connectivity index (χ0) is 20.1. The number of aromatic nitrogens is 2. The van der Waals surface area contributed by atoms with Gasteiger partial charge < -0.3 is 14.8 Å². The quantitative estimate of drug-likeness (QED) is 0.708. The smallest absolute Gasteiger partial charge is 0.280 e. The maximum atomic E-state index is 13.6. The summed E-state index contributed by atoms with van der Waals surface area (Å²) in [7, 11) is 1.35. The van der Waals surface area contributed by atoms with Gasteiger partial charge in [-0.25, -0.2) is 9.07 Å². The molecule has 0 fully saturated rings. The Morgan fingerprint density at radius 1 is 1.18 bits per heavy atom. The van der Waals surface area contributed by atoms with Crippen molar-refractivity contribution in [1.82, 2.24) is 9.78 Å². The number of methoxy groups -OCH3 is 1. The van der Waals surface area contributed by atoms with E-state index in [2.05, 4.69) is 10.4 Å². The lowest BCUT2D eigenvalue weighted by atomic mass is 10.2. The lowest BCUT2D eigenvalue weighted by molar-refractivity contribution is 0.101. The summed E-state index contributed by atoms with van der Waals surface area (Å²) in [5.74, 6) is -0.666. The van der Waals surface area contributed by atoms with E-state index in [1.54, 1.807) is 30.3 Å². The van der Waals surface area contributed by atoms with Gasteiger partial charge in [0, 0.05) is 0 Å². The topological polar surface area (TPSA) is 82.4 Å². The molecule has 0 atom stereocenters. The molecule has 7 nitrogen and oxygen atoms in total. The number of nitrogens with one attached hydrogen (secondary N) is 1. The number of hydrogen-bond donors (Lipinski definition) is 1. The molecule has 144 valence electrons. The minimum absolute atomic E-state index is 0.0712. The van der Waals surface area contributed by atoms with Crippen LogP contribution in [-0.4, -0.2) is 29.4 Å². The molecule has 1 heterocycles. The van der Waals surface area contributed by atoms with E-state index in [0.717, 1.165) is 6.07 Å². The minimum Gasteiger partial charge on any atom is -0.492 e. The number of hydrogen-bond acceptors (Lipinski definition) is 5. The standard InChI is InChI=1S/C20H18FN3O4/c1-3-28-17-10-5-4-9-15(17)22-20(26)19-16(25)12-18(27-2)24(23-19)14-8-6-7-13(21)11-14/h4-12H,3H2,1-2H3,(H,22,26). The molecule has 0 aliphatic carbocycles. The lowest BCUT2D eigenvalue weighted by Crippen LogP contribution is -2.26. The molecule has 1 aromatic heterocycles. The number of benzene rings is 2. The van der Waals surface area contributed by atoms with Crippen LogP contribution in [0.15, 0.2) is 59.4 Å². The van der Waals surface area contributed by atoms with Crippen molar-refractivity contribution in [2.45, 2.75) is 6.92 Å². The fourth-order valence-corrected chi connectivity index (χ4v) is 2.57. The average molecular weight is 383 g/mol. The van der Waals surface area contributed by atoms with E-state index in [9.17, 15) is 14.0 Å². The number of anilines is 1. The van der Waals surface area contributed by atoms with Crippen LogP contribution in [0.4, 0.5) is 10.1 Å². The van der Waals surface area contributed by atoms with Crippen molar-refractivity contribution in [1.29, 1.82) is 0 Å². The highest BCUT2D eigenvalue weighted by atomic mass is 19.1. The summed E-state index contributed by atoms with van der Waals surface area (Å²) in [5.41, 5.74) is -0.281. The van der Waals surface area contributed by atoms with Crippen LogP contribution in [-0.2, 0) is 0 Å². The first kappa shape index (κ1) is 19.1. The number of carbonyl (C=O) groups is 1. The molecule has 1 amide bonds. The maximum absolute atomic E-state index is 13.6. The van der Waals surface area contributed by atoms with E-state index >= 15 is 0 Å². The molecule has 0 unspecified atom stereocenters. The summed E-state index contributed by atoms with van der Waals surface area (Å²) in [4.78, 5) is 25.1. The van der Waals surface area contributed by atoms with Crippen molar-refractivity contribution in [3.8, 4) is 17.3 Å². The Kier molecular flexibility index (Phi) is 5.69. The Morgan fingerprint density at radius 2 is 1.96 bits per heavy atom.